The number of ether oxygens (including phenoxy) is 2. The van der Waals surface area contributed by atoms with Gasteiger partial charge in [0.2, 0.25) is 11.8 Å². The van der Waals surface area contributed by atoms with Crippen LogP contribution in [0.3, 0.4) is 0 Å². The van der Waals surface area contributed by atoms with Gasteiger partial charge in [-0.15, -0.1) is 0 Å². The number of amides is 3. The van der Waals surface area contributed by atoms with Crippen LogP contribution in [0.25, 0.3) is 0 Å². The molecule has 0 saturated carbocycles. The van der Waals surface area contributed by atoms with E-state index in [1.165, 1.54) is 0 Å². The third kappa shape index (κ3) is 12.0. The molecule has 2 aromatic carbocycles. The highest BCUT2D eigenvalue weighted by Crippen LogP contribution is 2.35. The van der Waals surface area contributed by atoms with Gasteiger partial charge in [-0.25, -0.2) is 9.59 Å². The number of hydrogen-bond acceptors (Lipinski definition) is 6. The van der Waals surface area contributed by atoms with Gasteiger partial charge >= 0.3 is 12.1 Å². The van der Waals surface area contributed by atoms with E-state index in [0.717, 1.165) is 16.7 Å². The molecule has 0 bridgehead atoms. The van der Waals surface area contributed by atoms with E-state index < -0.39 is 58.7 Å². The Kier molecular flexibility index (Phi) is 13.8. The third-order valence-corrected chi connectivity index (χ3v) is 8.19. The lowest BCUT2D eigenvalue weighted by molar-refractivity contribution is -0.159. The van der Waals surface area contributed by atoms with E-state index in [0.29, 0.717) is 18.4 Å². The first-order valence-corrected chi connectivity index (χ1v) is 17.0. The summed E-state index contributed by atoms with van der Waals surface area (Å²) in [6.07, 6.45) is 0.316. The molecule has 0 aliphatic heterocycles. The molecule has 0 heterocycles. The first-order valence-electron chi connectivity index (χ1n) is 17.0. The number of carbonyl (C=O) groups is 4. The molecule has 3 amide bonds. The van der Waals surface area contributed by atoms with Crippen molar-refractivity contribution in [1.82, 2.24) is 15.5 Å². The summed E-state index contributed by atoms with van der Waals surface area (Å²) >= 11 is 0. The van der Waals surface area contributed by atoms with Crippen molar-refractivity contribution >= 4 is 23.9 Å². The first-order chi connectivity index (χ1) is 22.1. The molecule has 0 radical (unpaired) electrons. The predicted molar refractivity (Wildman–Crippen MR) is 190 cm³/mol. The Morgan fingerprint density at radius 3 is 1.88 bits per heavy atom. The second-order valence-corrected chi connectivity index (χ2v) is 15.7. The standard InChI is InChI=1S/C39H59N3O6/c1-14-39(12,13)42(34(44)30(23-25(2)3)41-36(46)48-38(9,10)11)32(29-22-18-19-26(4)27(29)5)33(43)40-31(35(45)47-37(6,7)8)24-28-20-16-15-17-21-28/h15-22,25,30-32H,14,23-24H2,1-13H3,(H,40,43)(H,41,46). The van der Waals surface area contributed by atoms with Gasteiger partial charge in [-0.3, -0.25) is 9.59 Å². The second kappa shape index (κ2) is 16.5. The Balaban J connectivity index is 2.76. The Bertz CT molecular complexity index is 1410. The summed E-state index contributed by atoms with van der Waals surface area (Å²) in [5.41, 5.74) is 0.871. The van der Waals surface area contributed by atoms with Gasteiger partial charge in [-0.05, 0) is 110 Å². The molecule has 3 atom stereocenters. The Labute approximate surface area is 288 Å². The van der Waals surface area contributed by atoms with Crippen molar-refractivity contribution in [3.05, 3.63) is 70.8 Å². The normalized spacial score (nSPS) is 14.0. The van der Waals surface area contributed by atoms with E-state index in [4.69, 9.17) is 9.47 Å². The first kappa shape index (κ1) is 40.3. The predicted octanol–water partition coefficient (Wildman–Crippen LogP) is 7.37. The molecule has 0 saturated heterocycles. The Hall–Kier alpha value is -3.88. The minimum absolute atomic E-state index is 0.0379. The van der Waals surface area contributed by atoms with Crippen LogP contribution < -0.4 is 10.6 Å². The van der Waals surface area contributed by atoms with Gasteiger partial charge in [0.15, 0.2) is 0 Å². The van der Waals surface area contributed by atoms with Crippen molar-refractivity contribution in [3.8, 4) is 0 Å². The number of esters is 1. The summed E-state index contributed by atoms with van der Waals surface area (Å²) in [6.45, 7) is 24.2. The summed E-state index contributed by atoms with van der Waals surface area (Å²) in [5, 5.41) is 5.81. The quantitative estimate of drug-likeness (QED) is 0.216. The zero-order chi connectivity index (χ0) is 36.6. The van der Waals surface area contributed by atoms with Crippen molar-refractivity contribution < 1.29 is 28.7 Å². The third-order valence-electron chi connectivity index (χ3n) is 8.19. The summed E-state index contributed by atoms with van der Waals surface area (Å²) in [4.78, 5) is 58.0. The highest BCUT2D eigenvalue weighted by molar-refractivity contribution is 5.94. The fraction of sp³-hybridized carbons (Fsp3) is 0.590. The van der Waals surface area contributed by atoms with E-state index in [1.807, 2.05) is 97.0 Å². The van der Waals surface area contributed by atoms with E-state index in [1.54, 1.807) is 46.4 Å². The number of rotatable bonds is 13. The lowest BCUT2D eigenvalue weighted by Gasteiger charge is -2.45. The van der Waals surface area contributed by atoms with Crippen molar-refractivity contribution in [2.75, 3.05) is 0 Å². The van der Waals surface area contributed by atoms with Crippen molar-refractivity contribution in [1.29, 1.82) is 0 Å². The van der Waals surface area contributed by atoms with E-state index in [2.05, 4.69) is 10.6 Å². The number of nitrogens with one attached hydrogen (secondary N) is 2. The molecule has 0 spiro atoms. The number of hydrogen-bond donors (Lipinski definition) is 2. The topological polar surface area (TPSA) is 114 Å². The number of aryl methyl sites for hydroxylation is 1. The van der Waals surface area contributed by atoms with Gasteiger partial charge in [-0.2, -0.15) is 0 Å². The molecule has 3 unspecified atom stereocenters. The van der Waals surface area contributed by atoms with Crippen molar-refractivity contribution in [2.45, 2.75) is 144 Å². The number of benzene rings is 2. The van der Waals surface area contributed by atoms with Crippen LogP contribution >= 0.6 is 0 Å². The van der Waals surface area contributed by atoms with Gasteiger partial charge in [-0.1, -0.05) is 69.3 Å². The SMILES string of the molecule is CCC(C)(C)N(C(=O)C(CC(C)C)NC(=O)OC(C)(C)C)C(C(=O)NC(Cc1ccccc1)C(=O)OC(C)(C)C)c1cccc(C)c1C. The van der Waals surface area contributed by atoms with E-state index in [-0.39, 0.29) is 12.3 Å². The number of nitrogens with zero attached hydrogens (tertiary/aromatic N) is 1. The summed E-state index contributed by atoms with van der Waals surface area (Å²) in [7, 11) is 0. The maximum absolute atomic E-state index is 14.9. The zero-order valence-electron chi connectivity index (χ0n) is 31.4. The molecule has 2 rings (SSSR count). The zero-order valence-corrected chi connectivity index (χ0v) is 31.4. The summed E-state index contributed by atoms with van der Waals surface area (Å²) < 4.78 is 11.3. The molecule has 9 heteroatoms. The van der Waals surface area contributed by atoms with Gasteiger partial charge in [0.05, 0.1) is 0 Å². The molecule has 0 aromatic heterocycles. The lowest BCUT2D eigenvalue weighted by atomic mass is 9.88. The molecular formula is C39H59N3O6. The average Bonchev–Trinajstić information content (AvgIpc) is 2.94. The maximum Gasteiger partial charge on any atom is 0.408 e. The minimum Gasteiger partial charge on any atom is -0.458 e. The van der Waals surface area contributed by atoms with Crippen LogP contribution in [0.5, 0.6) is 0 Å². The molecule has 9 nitrogen and oxygen atoms in total. The molecule has 0 aliphatic carbocycles. The van der Waals surface area contributed by atoms with Gasteiger partial charge in [0, 0.05) is 12.0 Å². The summed E-state index contributed by atoms with van der Waals surface area (Å²) in [6, 6.07) is 11.9. The summed E-state index contributed by atoms with van der Waals surface area (Å²) in [5.74, 6) is -1.47. The lowest BCUT2D eigenvalue weighted by Crippen LogP contribution is -2.60. The van der Waals surface area contributed by atoms with Crippen LogP contribution in [0, 0.1) is 19.8 Å². The van der Waals surface area contributed by atoms with Crippen LogP contribution in [-0.2, 0) is 30.3 Å². The van der Waals surface area contributed by atoms with E-state index >= 15 is 0 Å². The van der Waals surface area contributed by atoms with Crippen LogP contribution in [0.4, 0.5) is 4.79 Å². The largest absolute Gasteiger partial charge is 0.458 e. The van der Waals surface area contributed by atoms with Crippen LogP contribution in [-0.4, -0.2) is 57.6 Å². The molecule has 266 valence electrons. The fourth-order valence-corrected chi connectivity index (χ4v) is 5.39. The number of carbonyl (C=O) groups excluding carboxylic acids is 4. The molecule has 0 fully saturated rings. The maximum atomic E-state index is 14.9. The van der Waals surface area contributed by atoms with Crippen LogP contribution in [0.1, 0.15) is 117 Å². The van der Waals surface area contributed by atoms with Crippen molar-refractivity contribution in [2.24, 2.45) is 5.92 Å². The van der Waals surface area contributed by atoms with Crippen LogP contribution in [0.2, 0.25) is 0 Å². The minimum atomic E-state index is -1.14. The molecular weight excluding hydrogens is 606 g/mol. The number of alkyl carbamates (subject to hydrolysis) is 1. The van der Waals surface area contributed by atoms with Gasteiger partial charge in [0.25, 0.3) is 0 Å². The highest BCUT2D eigenvalue weighted by Gasteiger charge is 2.44. The van der Waals surface area contributed by atoms with Gasteiger partial charge in [0.1, 0.15) is 29.3 Å². The van der Waals surface area contributed by atoms with E-state index in [9.17, 15) is 19.2 Å². The average molecular weight is 666 g/mol. The Morgan fingerprint density at radius 2 is 1.35 bits per heavy atom. The second-order valence-electron chi connectivity index (χ2n) is 15.7. The van der Waals surface area contributed by atoms with Gasteiger partial charge < -0.3 is 25.0 Å². The highest BCUT2D eigenvalue weighted by atomic mass is 16.6. The fourth-order valence-electron chi connectivity index (χ4n) is 5.39. The Morgan fingerprint density at radius 1 is 0.771 bits per heavy atom. The molecule has 2 N–H and O–H groups in total. The van der Waals surface area contributed by atoms with Crippen LogP contribution in [0.15, 0.2) is 48.5 Å². The smallest absolute Gasteiger partial charge is 0.408 e. The monoisotopic (exact) mass is 665 g/mol. The van der Waals surface area contributed by atoms with Crippen molar-refractivity contribution in [3.63, 3.8) is 0 Å². The molecule has 48 heavy (non-hydrogen) atoms. The molecule has 2 aromatic rings. The molecule has 0 aliphatic rings.